The number of amides is 2. The molecule has 1 unspecified atom stereocenters. The van der Waals surface area contributed by atoms with Crippen molar-refractivity contribution in [2.45, 2.75) is 32.2 Å². The van der Waals surface area contributed by atoms with Crippen LogP contribution in [0.4, 0.5) is 0 Å². The molecule has 2 aromatic carbocycles. The molecule has 1 fully saturated rings. The Morgan fingerprint density at radius 1 is 1.00 bits per heavy atom. The van der Waals surface area contributed by atoms with Crippen LogP contribution in [0.3, 0.4) is 0 Å². The van der Waals surface area contributed by atoms with Crippen LogP contribution in [0.2, 0.25) is 0 Å². The summed E-state index contributed by atoms with van der Waals surface area (Å²) >= 11 is 0. The molecule has 1 saturated heterocycles. The van der Waals surface area contributed by atoms with Crippen molar-refractivity contribution < 1.29 is 9.59 Å². The van der Waals surface area contributed by atoms with Crippen molar-refractivity contribution in [1.29, 1.82) is 0 Å². The maximum atomic E-state index is 13.0. The number of benzene rings is 2. The lowest BCUT2D eigenvalue weighted by molar-refractivity contribution is -0.133. The minimum atomic E-state index is -0.337. The van der Waals surface area contributed by atoms with E-state index in [2.05, 4.69) is 17.6 Å². The highest BCUT2D eigenvalue weighted by molar-refractivity contribution is 5.94. The van der Waals surface area contributed by atoms with Gasteiger partial charge in [-0.05, 0) is 49.5 Å². The molecular formula is C24H32ClN3O2. The van der Waals surface area contributed by atoms with Crippen LogP contribution in [0, 0.1) is 5.92 Å². The molecule has 0 aliphatic carbocycles. The van der Waals surface area contributed by atoms with Crippen LogP contribution in [0.5, 0.6) is 0 Å². The van der Waals surface area contributed by atoms with Gasteiger partial charge in [-0.3, -0.25) is 9.59 Å². The molecule has 1 heterocycles. The molecule has 1 atom stereocenters. The number of nitrogens with zero attached hydrogens (tertiary/aromatic N) is 1. The molecular weight excluding hydrogens is 398 g/mol. The van der Waals surface area contributed by atoms with E-state index < -0.39 is 0 Å². The third-order valence-corrected chi connectivity index (χ3v) is 5.57. The molecule has 0 spiro atoms. The number of halogens is 1. The summed E-state index contributed by atoms with van der Waals surface area (Å²) in [6.07, 6.45) is 2.34. The number of rotatable bonds is 8. The summed E-state index contributed by atoms with van der Waals surface area (Å²) in [5, 5.41) is 6.46. The Kier molecular flexibility index (Phi) is 9.84. The zero-order valence-electron chi connectivity index (χ0n) is 17.5. The lowest BCUT2D eigenvalue weighted by atomic mass is 9.95. The predicted molar refractivity (Wildman–Crippen MR) is 123 cm³/mol. The van der Waals surface area contributed by atoms with Crippen molar-refractivity contribution in [3.05, 3.63) is 71.8 Å². The van der Waals surface area contributed by atoms with Crippen molar-refractivity contribution in [2.24, 2.45) is 5.92 Å². The summed E-state index contributed by atoms with van der Waals surface area (Å²) in [6, 6.07) is 18.5. The molecule has 2 N–H and O–H groups in total. The van der Waals surface area contributed by atoms with E-state index in [1.54, 1.807) is 12.1 Å². The molecule has 1 aliphatic rings. The highest BCUT2D eigenvalue weighted by Crippen LogP contribution is 2.22. The largest absolute Gasteiger partial charge is 0.345 e. The third-order valence-electron chi connectivity index (χ3n) is 5.57. The number of likely N-dealkylation sites (tertiary alicyclic amines) is 1. The van der Waals surface area contributed by atoms with Gasteiger partial charge >= 0.3 is 0 Å². The highest BCUT2D eigenvalue weighted by Gasteiger charge is 2.26. The van der Waals surface area contributed by atoms with E-state index in [-0.39, 0.29) is 36.7 Å². The third kappa shape index (κ3) is 6.85. The summed E-state index contributed by atoms with van der Waals surface area (Å²) in [6.45, 7) is 5.72. The second-order valence-corrected chi connectivity index (χ2v) is 7.64. The zero-order chi connectivity index (χ0) is 20.5. The Morgan fingerprint density at radius 2 is 1.60 bits per heavy atom. The topological polar surface area (TPSA) is 61.4 Å². The Morgan fingerprint density at radius 3 is 2.20 bits per heavy atom. The molecule has 0 radical (unpaired) electrons. The van der Waals surface area contributed by atoms with E-state index in [1.165, 1.54) is 0 Å². The van der Waals surface area contributed by atoms with E-state index in [9.17, 15) is 9.59 Å². The maximum absolute atomic E-state index is 13.0. The Labute approximate surface area is 185 Å². The van der Waals surface area contributed by atoms with Crippen LogP contribution in [0.1, 0.15) is 48.1 Å². The minimum Gasteiger partial charge on any atom is -0.345 e. The fraction of sp³-hybridized carbons (Fsp3) is 0.417. The maximum Gasteiger partial charge on any atom is 0.251 e. The SMILES string of the molecule is CCNCC1CCN(C(=O)CC(NC(=O)c2ccccc2)c2ccccc2)CC1.Cl. The molecule has 5 nitrogen and oxygen atoms in total. The first-order valence-corrected chi connectivity index (χ1v) is 10.6. The van der Waals surface area contributed by atoms with E-state index in [4.69, 9.17) is 0 Å². The van der Waals surface area contributed by atoms with Gasteiger partial charge in [0.1, 0.15) is 0 Å². The van der Waals surface area contributed by atoms with Crippen LogP contribution in [0.15, 0.2) is 60.7 Å². The molecule has 6 heteroatoms. The second-order valence-electron chi connectivity index (χ2n) is 7.64. The van der Waals surface area contributed by atoms with Crippen LogP contribution < -0.4 is 10.6 Å². The predicted octanol–water partition coefficient (Wildman–Crippen LogP) is 3.82. The molecule has 2 amide bonds. The first-order valence-electron chi connectivity index (χ1n) is 10.6. The highest BCUT2D eigenvalue weighted by atomic mass is 35.5. The summed E-state index contributed by atoms with van der Waals surface area (Å²) in [5.74, 6) is 0.590. The minimum absolute atomic E-state index is 0. The van der Waals surface area contributed by atoms with Gasteiger partial charge in [-0.2, -0.15) is 0 Å². The number of carbonyl (C=O) groups is 2. The summed E-state index contributed by atoms with van der Waals surface area (Å²) in [5.41, 5.74) is 1.55. The van der Waals surface area contributed by atoms with Crippen LogP contribution in [-0.2, 0) is 4.79 Å². The van der Waals surface area contributed by atoms with Gasteiger partial charge in [-0.15, -0.1) is 12.4 Å². The van der Waals surface area contributed by atoms with E-state index in [0.29, 0.717) is 11.5 Å². The van der Waals surface area contributed by atoms with Crippen LogP contribution in [-0.4, -0.2) is 42.9 Å². The Balaban J connectivity index is 0.00000320. The number of nitrogens with one attached hydrogen (secondary N) is 2. The van der Waals surface area contributed by atoms with Gasteiger partial charge in [0.25, 0.3) is 5.91 Å². The fourth-order valence-corrected chi connectivity index (χ4v) is 3.81. The summed E-state index contributed by atoms with van der Waals surface area (Å²) < 4.78 is 0. The van der Waals surface area contributed by atoms with E-state index in [0.717, 1.165) is 44.6 Å². The number of hydrogen-bond donors (Lipinski definition) is 2. The molecule has 30 heavy (non-hydrogen) atoms. The standard InChI is InChI=1S/C24H31N3O2.ClH/c1-2-25-18-19-13-15-27(16-14-19)23(28)17-22(20-9-5-3-6-10-20)26-24(29)21-11-7-4-8-12-21;/h3-12,19,22,25H,2,13-18H2,1H3,(H,26,29);1H. The average Bonchev–Trinajstić information content (AvgIpc) is 2.78. The van der Waals surface area contributed by atoms with Crippen LogP contribution in [0.25, 0.3) is 0 Å². The zero-order valence-corrected chi connectivity index (χ0v) is 18.4. The molecule has 3 rings (SSSR count). The number of carbonyl (C=O) groups excluding carboxylic acids is 2. The van der Waals surface area contributed by atoms with Gasteiger partial charge in [0, 0.05) is 18.7 Å². The summed E-state index contributed by atoms with van der Waals surface area (Å²) in [4.78, 5) is 27.6. The first-order chi connectivity index (χ1) is 14.2. The number of piperidine rings is 1. The van der Waals surface area contributed by atoms with Crippen LogP contribution >= 0.6 is 12.4 Å². The van der Waals surface area contributed by atoms with Crippen molar-refractivity contribution >= 4 is 24.2 Å². The smallest absolute Gasteiger partial charge is 0.251 e. The normalized spacial score (nSPS) is 15.2. The van der Waals surface area contributed by atoms with Gasteiger partial charge in [0.2, 0.25) is 5.91 Å². The quantitative estimate of drug-likeness (QED) is 0.670. The van der Waals surface area contributed by atoms with Gasteiger partial charge < -0.3 is 15.5 Å². The molecule has 162 valence electrons. The van der Waals surface area contributed by atoms with Gasteiger partial charge in [-0.25, -0.2) is 0 Å². The Bertz CT molecular complexity index is 778. The monoisotopic (exact) mass is 429 g/mol. The molecule has 1 aliphatic heterocycles. The lowest BCUT2D eigenvalue weighted by Gasteiger charge is -2.33. The molecule has 0 bridgehead atoms. The first kappa shape index (κ1) is 23.9. The van der Waals surface area contributed by atoms with Crippen molar-refractivity contribution in [3.8, 4) is 0 Å². The summed E-state index contributed by atoms with van der Waals surface area (Å²) in [7, 11) is 0. The van der Waals surface area contributed by atoms with E-state index in [1.807, 2.05) is 53.4 Å². The van der Waals surface area contributed by atoms with E-state index >= 15 is 0 Å². The fourth-order valence-electron chi connectivity index (χ4n) is 3.81. The van der Waals surface area contributed by atoms with Gasteiger partial charge in [0.15, 0.2) is 0 Å². The van der Waals surface area contributed by atoms with Gasteiger partial charge in [-0.1, -0.05) is 55.5 Å². The van der Waals surface area contributed by atoms with Crippen molar-refractivity contribution in [3.63, 3.8) is 0 Å². The average molecular weight is 430 g/mol. The van der Waals surface area contributed by atoms with Crippen molar-refractivity contribution in [2.75, 3.05) is 26.2 Å². The molecule has 2 aromatic rings. The lowest BCUT2D eigenvalue weighted by Crippen LogP contribution is -2.42. The molecule has 0 aromatic heterocycles. The second kappa shape index (κ2) is 12.4. The van der Waals surface area contributed by atoms with Gasteiger partial charge in [0.05, 0.1) is 12.5 Å². The Hall–Kier alpha value is -2.37. The van der Waals surface area contributed by atoms with Crippen molar-refractivity contribution in [1.82, 2.24) is 15.5 Å². The number of hydrogen-bond acceptors (Lipinski definition) is 3. The molecule has 0 saturated carbocycles.